The lowest BCUT2D eigenvalue weighted by Gasteiger charge is -2.26. The lowest BCUT2D eigenvalue weighted by molar-refractivity contribution is 0.373. The number of thiophene rings is 1. The Morgan fingerprint density at radius 2 is 2.05 bits per heavy atom. The van der Waals surface area contributed by atoms with Gasteiger partial charge in [0.1, 0.15) is 5.75 Å². The van der Waals surface area contributed by atoms with E-state index in [-0.39, 0.29) is 0 Å². The van der Waals surface area contributed by atoms with E-state index in [9.17, 15) is 0 Å². The Bertz CT molecular complexity index is 562. The van der Waals surface area contributed by atoms with Crippen molar-refractivity contribution in [2.24, 2.45) is 5.92 Å². The normalized spacial score (nSPS) is 17.4. The molecular formula is C18H23NOS. The van der Waals surface area contributed by atoms with Crippen LogP contribution in [0, 0.1) is 5.92 Å². The van der Waals surface area contributed by atoms with Gasteiger partial charge in [-0.25, -0.2) is 0 Å². The van der Waals surface area contributed by atoms with Crippen molar-refractivity contribution < 1.29 is 4.74 Å². The molecule has 2 atom stereocenters. The zero-order chi connectivity index (χ0) is 14.7. The van der Waals surface area contributed by atoms with Crippen molar-refractivity contribution in [3.63, 3.8) is 0 Å². The fourth-order valence-electron chi connectivity index (χ4n) is 2.95. The van der Waals surface area contributed by atoms with E-state index >= 15 is 0 Å². The van der Waals surface area contributed by atoms with Crippen molar-refractivity contribution in [2.75, 3.05) is 7.11 Å². The van der Waals surface area contributed by atoms with Gasteiger partial charge in [-0.05, 0) is 42.7 Å². The van der Waals surface area contributed by atoms with Crippen molar-refractivity contribution in [3.05, 3.63) is 52.2 Å². The van der Waals surface area contributed by atoms with E-state index in [4.69, 9.17) is 4.74 Å². The standard InChI is InChI=1S/C18H23NOS/c1-3-15(14-7-4-5-8-16(14)20-2)19-18(13-10-11-13)17-9-6-12-21-17/h4-9,12-13,15,18-19H,3,10-11H2,1-2H3. The van der Waals surface area contributed by atoms with Crippen LogP contribution in [-0.2, 0) is 0 Å². The van der Waals surface area contributed by atoms with Gasteiger partial charge in [-0.1, -0.05) is 31.2 Å². The molecule has 0 radical (unpaired) electrons. The van der Waals surface area contributed by atoms with Gasteiger partial charge in [0.2, 0.25) is 0 Å². The summed E-state index contributed by atoms with van der Waals surface area (Å²) in [5.74, 6) is 1.78. The molecule has 1 N–H and O–H groups in total. The summed E-state index contributed by atoms with van der Waals surface area (Å²) in [5, 5.41) is 6.07. The van der Waals surface area contributed by atoms with Gasteiger partial charge in [-0.3, -0.25) is 0 Å². The molecule has 2 unspecified atom stereocenters. The number of hydrogen-bond donors (Lipinski definition) is 1. The zero-order valence-corrected chi connectivity index (χ0v) is 13.5. The third-order valence-electron chi connectivity index (χ3n) is 4.25. The molecule has 0 amide bonds. The molecule has 0 aliphatic heterocycles. The van der Waals surface area contributed by atoms with Gasteiger partial charge in [-0.15, -0.1) is 11.3 Å². The Hall–Kier alpha value is -1.32. The Kier molecular flexibility index (Phi) is 4.61. The van der Waals surface area contributed by atoms with Crippen LogP contribution in [0.2, 0.25) is 0 Å². The number of para-hydroxylation sites is 1. The second-order valence-electron chi connectivity index (χ2n) is 5.70. The predicted molar refractivity (Wildman–Crippen MR) is 88.9 cm³/mol. The number of nitrogens with one attached hydrogen (secondary N) is 1. The SMILES string of the molecule is CCC(NC(c1cccs1)C1CC1)c1ccccc1OC. The molecule has 112 valence electrons. The lowest BCUT2D eigenvalue weighted by Crippen LogP contribution is -2.27. The highest BCUT2D eigenvalue weighted by molar-refractivity contribution is 7.10. The van der Waals surface area contributed by atoms with E-state index < -0.39 is 0 Å². The van der Waals surface area contributed by atoms with Gasteiger partial charge >= 0.3 is 0 Å². The van der Waals surface area contributed by atoms with Crippen molar-refractivity contribution in [1.29, 1.82) is 0 Å². The highest BCUT2D eigenvalue weighted by Crippen LogP contribution is 2.44. The number of ether oxygens (including phenoxy) is 1. The van der Waals surface area contributed by atoms with Crippen LogP contribution in [0.5, 0.6) is 5.75 Å². The van der Waals surface area contributed by atoms with E-state index in [0.29, 0.717) is 12.1 Å². The summed E-state index contributed by atoms with van der Waals surface area (Å²) < 4.78 is 5.54. The Morgan fingerprint density at radius 3 is 2.67 bits per heavy atom. The molecule has 1 aliphatic carbocycles. The van der Waals surface area contributed by atoms with E-state index in [0.717, 1.165) is 18.1 Å². The maximum atomic E-state index is 5.54. The molecule has 1 aromatic carbocycles. The minimum Gasteiger partial charge on any atom is -0.496 e. The van der Waals surface area contributed by atoms with E-state index in [1.165, 1.54) is 23.3 Å². The summed E-state index contributed by atoms with van der Waals surface area (Å²) in [7, 11) is 1.75. The molecule has 2 nitrogen and oxygen atoms in total. The first-order valence-electron chi connectivity index (χ1n) is 7.75. The quantitative estimate of drug-likeness (QED) is 0.781. The summed E-state index contributed by atoms with van der Waals surface area (Å²) in [4.78, 5) is 1.46. The van der Waals surface area contributed by atoms with Gasteiger partial charge in [0.15, 0.2) is 0 Å². The summed E-state index contributed by atoms with van der Waals surface area (Å²) in [6, 6.07) is 13.6. The first-order chi connectivity index (χ1) is 10.3. The molecule has 1 fully saturated rings. The number of rotatable bonds is 7. The highest BCUT2D eigenvalue weighted by Gasteiger charge is 2.34. The van der Waals surface area contributed by atoms with E-state index in [2.05, 4.69) is 48.0 Å². The van der Waals surface area contributed by atoms with Gasteiger partial charge in [-0.2, -0.15) is 0 Å². The first-order valence-corrected chi connectivity index (χ1v) is 8.63. The smallest absolute Gasteiger partial charge is 0.123 e. The first kappa shape index (κ1) is 14.6. The average molecular weight is 301 g/mol. The zero-order valence-electron chi connectivity index (χ0n) is 12.7. The van der Waals surface area contributed by atoms with E-state index in [1.54, 1.807) is 7.11 Å². The molecule has 1 heterocycles. The van der Waals surface area contributed by atoms with Crippen LogP contribution in [-0.4, -0.2) is 7.11 Å². The molecule has 2 aromatic rings. The van der Waals surface area contributed by atoms with Crippen LogP contribution in [0.25, 0.3) is 0 Å². The summed E-state index contributed by atoms with van der Waals surface area (Å²) in [5.41, 5.74) is 1.27. The summed E-state index contributed by atoms with van der Waals surface area (Å²) in [6.07, 6.45) is 3.75. The third kappa shape index (κ3) is 3.30. The van der Waals surface area contributed by atoms with E-state index in [1.807, 2.05) is 17.4 Å². The second-order valence-corrected chi connectivity index (χ2v) is 6.68. The maximum absolute atomic E-state index is 5.54. The summed E-state index contributed by atoms with van der Waals surface area (Å²) in [6.45, 7) is 2.24. The van der Waals surface area contributed by atoms with Crippen molar-refractivity contribution in [3.8, 4) is 5.75 Å². The van der Waals surface area contributed by atoms with Gasteiger partial charge < -0.3 is 10.1 Å². The average Bonchev–Trinajstić information content (AvgIpc) is 3.22. The monoisotopic (exact) mass is 301 g/mol. The molecule has 0 spiro atoms. The van der Waals surface area contributed by atoms with Crippen LogP contribution in [0.15, 0.2) is 41.8 Å². The van der Waals surface area contributed by atoms with Crippen LogP contribution in [0.4, 0.5) is 0 Å². The molecule has 1 aliphatic rings. The van der Waals surface area contributed by atoms with Crippen LogP contribution >= 0.6 is 11.3 Å². The molecule has 1 aromatic heterocycles. The third-order valence-corrected chi connectivity index (χ3v) is 5.20. The topological polar surface area (TPSA) is 21.3 Å². The van der Waals surface area contributed by atoms with Crippen LogP contribution in [0.3, 0.4) is 0 Å². The molecule has 3 rings (SSSR count). The maximum Gasteiger partial charge on any atom is 0.123 e. The fourth-order valence-corrected chi connectivity index (χ4v) is 3.83. The van der Waals surface area contributed by atoms with Gasteiger partial charge in [0.05, 0.1) is 7.11 Å². The Balaban J connectivity index is 1.82. The minimum atomic E-state index is 0.342. The number of methoxy groups -OCH3 is 1. The van der Waals surface area contributed by atoms with Crippen LogP contribution in [0.1, 0.15) is 48.7 Å². The lowest BCUT2D eigenvalue weighted by atomic mass is 10.0. The summed E-state index contributed by atoms with van der Waals surface area (Å²) >= 11 is 1.86. The molecule has 21 heavy (non-hydrogen) atoms. The number of hydrogen-bond acceptors (Lipinski definition) is 3. The molecule has 0 bridgehead atoms. The highest BCUT2D eigenvalue weighted by atomic mass is 32.1. The van der Waals surface area contributed by atoms with Crippen molar-refractivity contribution in [1.82, 2.24) is 5.32 Å². The predicted octanol–water partition coefficient (Wildman–Crippen LogP) is 4.95. The molecule has 1 saturated carbocycles. The van der Waals surface area contributed by atoms with Gasteiger partial charge in [0, 0.05) is 22.5 Å². The minimum absolute atomic E-state index is 0.342. The largest absolute Gasteiger partial charge is 0.496 e. The fraction of sp³-hybridized carbons (Fsp3) is 0.444. The second kappa shape index (κ2) is 6.63. The van der Waals surface area contributed by atoms with Crippen molar-refractivity contribution in [2.45, 2.75) is 38.3 Å². The molecule has 3 heteroatoms. The Labute approximate surface area is 131 Å². The van der Waals surface area contributed by atoms with Gasteiger partial charge in [0.25, 0.3) is 0 Å². The van der Waals surface area contributed by atoms with Crippen molar-refractivity contribution >= 4 is 11.3 Å². The molecule has 0 saturated heterocycles. The molecular weight excluding hydrogens is 278 g/mol. The Morgan fingerprint density at radius 1 is 1.24 bits per heavy atom. The van der Waals surface area contributed by atoms with Crippen LogP contribution < -0.4 is 10.1 Å². The number of benzene rings is 1.